The van der Waals surface area contributed by atoms with Crippen molar-refractivity contribution in [3.8, 4) is 0 Å². The van der Waals surface area contributed by atoms with Crippen molar-refractivity contribution in [1.29, 1.82) is 0 Å². The van der Waals surface area contributed by atoms with E-state index in [-0.39, 0.29) is 25.9 Å². The van der Waals surface area contributed by atoms with Crippen molar-refractivity contribution in [2.45, 2.75) is 69.9 Å². The number of rotatable bonds is 12. The van der Waals surface area contributed by atoms with Crippen LogP contribution in [0.2, 0.25) is 0 Å². The van der Waals surface area contributed by atoms with Crippen LogP contribution in [0.15, 0.2) is 0 Å². The fourth-order valence-corrected chi connectivity index (χ4v) is 2.14. The predicted octanol–water partition coefficient (Wildman–Crippen LogP) is 5.63. The lowest BCUT2D eigenvalue weighted by Crippen LogP contribution is -2.36. The topological polar surface area (TPSA) is 26.3 Å². The smallest absolute Gasteiger partial charge is 0.453 e. The van der Waals surface area contributed by atoms with Crippen molar-refractivity contribution in [3.63, 3.8) is 0 Å². The molecule has 0 unspecified atom stereocenters. The molecule has 0 aliphatic heterocycles. The van der Waals surface area contributed by atoms with Gasteiger partial charge in [0.15, 0.2) is 0 Å². The van der Waals surface area contributed by atoms with Crippen LogP contribution in [0.25, 0.3) is 0 Å². The Bertz CT molecular complexity index is 308. The summed E-state index contributed by atoms with van der Waals surface area (Å²) >= 11 is 3.32. The molecular formula is C14H22BrF5O2. The fourth-order valence-electron chi connectivity index (χ4n) is 1.74. The van der Waals surface area contributed by atoms with Crippen molar-refractivity contribution < 1.29 is 31.5 Å². The lowest BCUT2D eigenvalue weighted by Gasteiger charge is -2.19. The molecule has 0 aliphatic carbocycles. The Morgan fingerprint density at radius 3 is 2.05 bits per heavy atom. The quantitative estimate of drug-likeness (QED) is 0.185. The van der Waals surface area contributed by atoms with Crippen LogP contribution in [0.5, 0.6) is 0 Å². The number of ether oxygens (including phenoxy) is 1. The Balaban J connectivity index is 3.53. The number of hydrogen-bond acceptors (Lipinski definition) is 2. The van der Waals surface area contributed by atoms with Crippen molar-refractivity contribution in [1.82, 2.24) is 0 Å². The zero-order valence-corrected chi connectivity index (χ0v) is 13.9. The highest BCUT2D eigenvalue weighted by atomic mass is 79.9. The molecule has 0 N–H and O–H groups in total. The zero-order chi connectivity index (χ0) is 17.1. The summed E-state index contributed by atoms with van der Waals surface area (Å²) in [7, 11) is 0. The van der Waals surface area contributed by atoms with Gasteiger partial charge in [0.2, 0.25) is 0 Å². The van der Waals surface area contributed by atoms with Gasteiger partial charge in [-0.25, -0.2) is 0 Å². The minimum atomic E-state index is -5.52. The van der Waals surface area contributed by atoms with Crippen LogP contribution in [0.3, 0.4) is 0 Å². The van der Waals surface area contributed by atoms with Gasteiger partial charge in [0.1, 0.15) is 0 Å². The van der Waals surface area contributed by atoms with E-state index >= 15 is 0 Å². The van der Waals surface area contributed by atoms with Crippen LogP contribution in [0, 0.1) is 0 Å². The van der Waals surface area contributed by atoms with E-state index in [1.54, 1.807) is 0 Å². The van der Waals surface area contributed by atoms with Gasteiger partial charge in [-0.3, -0.25) is 4.79 Å². The number of halogens is 6. The van der Waals surface area contributed by atoms with Gasteiger partial charge in [-0.1, -0.05) is 35.2 Å². The van der Waals surface area contributed by atoms with Crippen LogP contribution in [-0.4, -0.2) is 30.0 Å². The van der Waals surface area contributed by atoms with Gasteiger partial charge in [-0.2, -0.15) is 22.0 Å². The molecule has 0 rings (SSSR count). The second kappa shape index (κ2) is 11.2. The molecule has 0 bridgehead atoms. The molecule has 0 amide bonds. The summed E-state index contributed by atoms with van der Waals surface area (Å²) in [6.07, 6.45) is -2.04. The van der Waals surface area contributed by atoms with E-state index in [1.165, 1.54) is 0 Å². The Hall–Kier alpha value is -0.400. The third-order valence-electron chi connectivity index (χ3n) is 3.08. The van der Waals surface area contributed by atoms with Crippen molar-refractivity contribution in [3.05, 3.63) is 0 Å². The number of unbranched alkanes of at least 4 members (excludes halogenated alkanes) is 5. The molecule has 0 fully saturated rings. The summed E-state index contributed by atoms with van der Waals surface area (Å²) in [5, 5.41) is 0.961. The van der Waals surface area contributed by atoms with Gasteiger partial charge in [0.25, 0.3) is 0 Å². The predicted molar refractivity (Wildman–Crippen MR) is 77.3 cm³/mol. The van der Waals surface area contributed by atoms with Gasteiger partial charge in [-0.15, -0.1) is 0 Å². The molecule has 2 nitrogen and oxygen atoms in total. The van der Waals surface area contributed by atoms with E-state index in [0.29, 0.717) is 6.42 Å². The summed E-state index contributed by atoms with van der Waals surface area (Å²) in [6, 6.07) is 0. The second-order valence-electron chi connectivity index (χ2n) is 5.09. The molecule has 0 saturated heterocycles. The van der Waals surface area contributed by atoms with Gasteiger partial charge in [0, 0.05) is 18.2 Å². The molecule has 132 valence electrons. The molecule has 0 aromatic rings. The number of hydrogen-bond donors (Lipinski definition) is 0. The summed E-state index contributed by atoms with van der Waals surface area (Å²) in [5.41, 5.74) is 0. The first-order valence-electron chi connectivity index (χ1n) is 7.37. The van der Waals surface area contributed by atoms with Gasteiger partial charge in [-0.05, 0) is 25.7 Å². The van der Waals surface area contributed by atoms with Gasteiger partial charge < -0.3 is 4.74 Å². The maximum Gasteiger partial charge on any atom is 0.453 e. The van der Waals surface area contributed by atoms with Crippen molar-refractivity contribution >= 4 is 21.9 Å². The average Bonchev–Trinajstić information content (AvgIpc) is 2.41. The van der Waals surface area contributed by atoms with E-state index in [2.05, 4.69) is 15.9 Å². The first-order valence-corrected chi connectivity index (χ1v) is 8.49. The summed E-state index contributed by atoms with van der Waals surface area (Å²) in [6.45, 7) is -0.115. The molecule has 22 heavy (non-hydrogen) atoms. The fraction of sp³-hybridized carbons (Fsp3) is 0.929. The maximum absolute atomic E-state index is 12.6. The standard InChI is InChI=1S/C14H22BrF5O2/c15-10-6-3-1-2-4-8-12(21)22-11-7-5-9-13(16,17)14(18,19)20/h1-11H2. The van der Waals surface area contributed by atoms with Crippen LogP contribution in [0.4, 0.5) is 22.0 Å². The van der Waals surface area contributed by atoms with Crippen LogP contribution in [0.1, 0.15) is 57.8 Å². The van der Waals surface area contributed by atoms with Crippen LogP contribution < -0.4 is 0 Å². The minimum Gasteiger partial charge on any atom is -0.466 e. The molecule has 0 heterocycles. The van der Waals surface area contributed by atoms with E-state index in [0.717, 1.165) is 31.0 Å². The second-order valence-corrected chi connectivity index (χ2v) is 5.88. The molecular weight excluding hydrogens is 375 g/mol. The summed E-state index contributed by atoms with van der Waals surface area (Å²) in [4.78, 5) is 11.3. The third-order valence-corrected chi connectivity index (χ3v) is 3.64. The normalized spacial score (nSPS) is 12.5. The van der Waals surface area contributed by atoms with Gasteiger partial charge in [0.05, 0.1) is 6.61 Å². The Kier molecular flexibility index (Phi) is 11.0. The largest absolute Gasteiger partial charge is 0.466 e. The molecule has 0 aromatic heterocycles. The Morgan fingerprint density at radius 1 is 0.864 bits per heavy atom. The third kappa shape index (κ3) is 10.3. The Labute approximate surface area is 135 Å². The molecule has 0 aromatic carbocycles. The number of carbonyl (C=O) groups excluding carboxylic acids is 1. The number of esters is 1. The van der Waals surface area contributed by atoms with E-state index in [1.807, 2.05) is 0 Å². The van der Waals surface area contributed by atoms with E-state index in [4.69, 9.17) is 4.74 Å². The lowest BCUT2D eigenvalue weighted by atomic mass is 10.1. The maximum atomic E-state index is 12.6. The van der Waals surface area contributed by atoms with Crippen LogP contribution >= 0.6 is 15.9 Å². The van der Waals surface area contributed by atoms with Gasteiger partial charge >= 0.3 is 18.1 Å². The van der Waals surface area contributed by atoms with E-state index < -0.39 is 24.5 Å². The first kappa shape index (κ1) is 21.6. The first-order chi connectivity index (χ1) is 10.2. The summed E-state index contributed by atoms with van der Waals surface area (Å²) < 4.78 is 65.6. The van der Waals surface area contributed by atoms with E-state index in [9.17, 15) is 26.7 Å². The molecule has 0 atom stereocenters. The highest BCUT2D eigenvalue weighted by Crippen LogP contribution is 2.39. The van der Waals surface area contributed by atoms with Crippen molar-refractivity contribution in [2.24, 2.45) is 0 Å². The molecule has 0 saturated carbocycles. The summed E-state index contributed by atoms with van der Waals surface area (Å²) in [5.74, 6) is -5.10. The monoisotopic (exact) mass is 396 g/mol. The molecule has 8 heteroatoms. The Morgan fingerprint density at radius 2 is 1.45 bits per heavy atom. The number of alkyl halides is 6. The molecule has 0 aliphatic rings. The molecule has 0 radical (unpaired) electrons. The SMILES string of the molecule is O=C(CCCCCCCBr)OCCCCC(F)(F)C(F)(F)F. The van der Waals surface area contributed by atoms with Crippen LogP contribution in [-0.2, 0) is 9.53 Å². The highest BCUT2D eigenvalue weighted by Gasteiger charge is 2.56. The zero-order valence-electron chi connectivity index (χ0n) is 12.4. The van der Waals surface area contributed by atoms with Crippen molar-refractivity contribution in [2.75, 3.05) is 11.9 Å². The lowest BCUT2D eigenvalue weighted by molar-refractivity contribution is -0.284. The number of carbonyl (C=O) groups is 1. The average molecular weight is 397 g/mol. The highest BCUT2D eigenvalue weighted by molar-refractivity contribution is 9.09. The minimum absolute atomic E-state index is 0.00264. The molecule has 0 spiro atoms.